The molecule has 3 amide bonds. The Morgan fingerprint density at radius 2 is 1.61 bits per heavy atom. The van der Waals surface area contributed by atoms with Crippen LogP contribution < -0.4 is 10.6 Å². The number of hydrogen-bond acceptors (Lipinski definition) is 6. The zero-order chi connectivity index (χ0) is 32.7. The van der Waals surface area contributed by atoms with Gasteiger partial charge in [-0.05, 0) is 83.0 Å². The van der Waals surface area contributed by atoms with Crippen LogP contribution in [0.15, 0.2) is 48.5 Å². The number of urea groups is 1. The van der Waals surface area contributed by atoms with E-state index < -0.39 is 17.5 Å². The predicted molar refractivity (Wildman–Crippen MR) is 165 cm³/mol. The highest BCUT2D eigenvalue weighted by Crippen LogP contribution is 2.27. The molecule has 1 aliphatic rings. The number of Topliss-reactive ketones (excluding diaryl/α,β-unsaturated/α-hetero) is 1. The van der Waals surface area contributed by atoms with Gasteiger partial charge < -0.3 is 29.7 Å². The van der Waals surface area contributed by atoms with Crippen LogP contribution in [0.4, 0.5) is 18.4 Å². The van der Waals surface area contributed by atoms with E-state index in [0.717, 1.165) is 24.8 Å². The molecule has 1 unspecified atom stereocenters. The number of hydrogen-bond donors (Lipinski definition) is 2. The van der Waals surface area contributed by atoms with Crippen LogP contribution >= 0.6 is 0 Å². The van der Waals surface area contributed by atoms with Crippen LogP contribution in [-0.2, 0) is 14.2 Å². The highest BCUT2D eigenvalue weighted by Gasteiger charge is 2.33. The van der Waals surface area contributed by atoms with Crippen LogP contribution in [0.2, 0.25) is 0 Å². The first-order valence-corrected chi connectivity index (χ1v) is 15.1. The molecule has 1 saturated heterocycles. The summed E-state index contributed by atoms with van der Waals surface area (Å²) in [4.78, 5) is 37.6. The first-order chi connectivity index (χ1) is 20.8. The number of nitrogens with zero attached hydrogens (tertiary/aromatic N) is 1. The highest BCUT2D eigenvalue weighted by molar-refractivity contribution is 5.97. The van der Waals surface area contributed by atoms with Gasteiger partial charge in [0.25, 0.3) is 0 Å². The summed E-state index contributed by atoms with van der Waals surface area (Å²) in [5, 5.41) is 5.60. The number of carbonyl (C=O) groups excluding carboxylic acids is 3. The molecule has 1 heterocycles. The van der Waals surface area contributed by atoms with Crippen LogP contribution in [0.3, 0.4) is 0 Å². The number of unbranched alkanes of at least 4 members (excludes halogenated alkanes) is 2. The fourth-order valence-corrected chi connectivity index (χ4v) is 4.36. The predicted octanol–water partition coefficient (Wildman–Crippen LogP) is 6.43. The third kappa shape index (κ3) is 13.4. The molecular formula is C33H47F2N3O6. The van der Waals surface area contributed by atoms with E-state index in [9.17, 15) is 23.2 Å². The van der Waals surface area contributed by atoms with Gasteiger partial charge in [-0.25, -0.2) is 18.4 Å². The molecule has 0 aromatic heterocycles. The Labute approximate surface area is 259 Å². The van der Waals surface area contributed by atoms with Crippen LogP contribution in [-0.4, -0.2) is 73.5 Å². The standard InChI is InChI=1S/C17H25FN2O2.C16H22FNO4/c1-3-4-5-10-19-17(21)20-13(2)11-22-12-16(20)14-6-8-15(18)9-7-14;1-11(18-15(20)22-16(2,3)4)9-21-10-14(19)12-5-7-13(17)8-6-12/h6-9,13,16H,3-5,10-12H2,1-2H3,(H,19,21);5-8,11H,9-10H2,1-4H3,(H,18,20)/t13-,16-;/m0./s1. The molecule has 1 aliphatic heterocycles. The minimum absolute atomic E-state index is 0.00465. The van der Waals surface area contributed by atoms with Gasteiger partial charge >= 0.3 is 12.1 Å². The van der Waals surface area contributed by atoms with Gasteiger partial charge in [-0.1, -0.05) is 31.9 Å². The molecule has 3 atom stereocenters. The van der Waals surface area contributed by atoms with E-state index in [-0.39, 0.29) is 49.0 Å². The summed E-state index contributed by atoms with van der Waals surface area (Å²) in [5.74, 6) is -0.916. The molecular weight excluding hydrogens is 572 g/mol. The Morgan fingerprint density at radius 1 is 1.00 bits per heavy atom. The van der Waals surface area contributed by atoms with Gasteiger partial charge in [0.2, 0.25) is 0 Å². The zero-order valence-corrected chi connectivity index (χ0v) is 26.7. The number of ketones is 1. The molecule has 2 aromatic rings. The first kappa shape index (κ1) is 36.6. The molecule has 9 nitrogen and oxygen atoms in total. The lowest BCUT2D eigenvalue weighted by Crippen LogP contribution is -2.53. The molecule has 3 rings (SSSR count). The first-order valence-electron chi connectivity index (χ1n) is 15.1. The normalized spacial score (nSPS) is 17.1. The summed E-state index contributed by atoms with van der Waals surface area (Å²) in [5.41, 5.74) is 0.717. The molecule has 244 valence electrons. The van der Waals surface area contributed by atoms with E-state index in [0.29, 0.717) is 25.3 Å². The minimum Gasteiger partial charge on any atom is -0.444 e. The third-order valence-electron chi connectivity index (χ3n) is 6.52. The van der Waals surface area contributed by atoms with E-state index in [1.165, 1.54) is 36.4 Å². The number of ether oxygens (including phenoxy) is 3. The maximum atomic E-state index is 13.1. The Bertz CT molecular complexity index is 1170. The summed E-state index contributed by atoms with van der Waals surface area (Å²) in [6.45, 7) is 12.9. The number of amides is 3. The number of halogens is 2. The molecule has 0 saturated carbocycles. The Balaban J connectivity index is 0.000000307. The Morgan fingerprint density at radius 3 is 2.20 bits per heavy atom. The fourth-order valence-electron chi connectivity index (χ4n) is 4.36. The van der Waals surface area contributed by atoms with Crippen molar-refractivity contribution in [2.45, 2.75) is 84.5 Å². The summed E-state index contributed by atoms with van der Waals surface area (Å²) in [6.07, 6.45) is 2.69. The van der Waals surface area contributed by atoms with Crippen molar-refractivity contribution in [3.8, 4) is 0 Å². The van der Waals surface area contributed by atoms with E-state index >= 15 is 0 Å². The SMILES string of the molecule is CC(COCC(=O)c1ccc(F)cc1)NC(=O)OC(C)(C)C.CCCCCNC(=O)N1[C@@H](C)COC[C@H]1c1ccc(F)cc1. The lowest BCUT2D eigenvalue weighted by Gasteiger charge is -2.40. The Kier molecular flexibility index (Phi) is 15.2. The third-order valence-corrected chi connectivity index (χ3v) is 6.52. The monoisotopic (exact) mass is 619 g/mol. The highest BCUT2D eigenvalue weighted by atomic mass is 19.1. The van der Waals surface area contributed by atoms with E-state index in [4.69, 9.17) is 14.2 Å². The van der Waals surface area contributed by atoms with Gasteiger partial charge in [-0.3, -0.25) is 4.79 Å². The second kappa shape index (κ2) is 18.3. The van der Waals surface area contributed by atoms with Gasteiger partial charge in [0, 0.05) is 12.1 Å². The van der Waals surface area contributed by atoms with Crippen molar-refractivity contribution in [1.82, 2.24) is 15.5 Å². The molecule has 2 aromatic carbocycles. The maximum Gasteiger partial charge on any atom is 0.407 e. The van der Waals surface area contributed by atoms with Crippen LogP contribution in [0, 0.1) is 11.6 Å². The Hall–Kier alpha value is -3.57. The summed E-state index contributed by atoms with van der Waals surface area (Å²) < 4.78 is 41.8. The summed E-state index contributed by atoms with van der Waals surface area (Å²) in [7, 11) is 0. The van der Waals surface area contributed by atoms with Gasteiger partial charge in [-0.15, -0.1) is 0 Å². The summed E-state index contributed by atoms with van der Waals surface area (Å²) in [6, 6.07) is 11.0. The number of rotatable bonds is 11. The topological polar surface area (TPSA) is 106 Å². The quantitative estimate of drug-likeness (QED) is 0.222. The van der Waals surface area contributed by atoms with Crippen molar-refractivity contribution in [2.75, 3.05) is 33.0 Å². The molecule has 11 heteroatoms. The second-order valence-electron chi connectivity index (χ2n) is 11.8. The molecule has 0 radical (unpaired) electrons. The average Bonchev–Trinajstić information content (AvgIpc) is 2.95. The lowest BCUT2D eigenvalue weighted by atomic mass is 10.0. The molecule has 2 N–H and O–H groups in total. The largest absolute Gasteiger partial charge is 0.444 e. The number of nitrogens with one attached hydrogen (secondary N) is 2. The van der Waals surface area contributed by atoms with Gasteiger partial charge in [0.15, 0.2) is 5.78 Å². The number of morpholine rings is 1. The molecule has 0 bridgehead atoms. The lowest BCUT2D eigenvalue weighted by molar-refractivity contribution is -0.0214. The van der Waals surface area contributed by atoms with E-state index in [1.807, 2.05) is 11.8 Å². The van der Waals surface area contributed by atoms with Crippen molar-refractivity contribution in [2.24, 2.45) is 0 Å². The maximum absolute atomic E-state index is 13.1. The van der Waals surface area contributed by atoms with Crippen molar-refractivity contribution >= 4 is 17.9 Å². The number of alkyl carbamates (subject to hydrolysis) is 1. The second-order valence-corrected chi connectivity index (χ2v) is 11.8. The molecule has 1 fully saturated rings. The zero-order valence-electron chi connectivity index (χ0n) is 26.7. The van der Waals surface area contributed by atoms with Gasteiger partial charge in [0.1, 0.15) is 23.8 Å². The van der Waals surface area contributed by atoms with Crippen LogP contribution in [0.25, 0.3) is 0 Å². The van der Waals surface area contributed by atoms with Crippen LogP contribution in [0.1, 0.15) is 82.8 Å². The van der Waals surface area contributed by atoms with Gasteiger partial charge in [-0.2, -0.15) is 0 Å². The number of carbonyl (C=O) groups is 3. The fraction of sp³-hybridized carbons (Fsp3) is 0.545. The minimum atomic E-state index is -0.566. The summed E-state index contributed by atoms with van der Waals surface area (Å²) >= 11 is 0. The smallest absolute Gasteiger partial charge is 0.407 e. The molecule has 0 spiro atoms. The molecule has 0 aliphatic carbocycles. The van der Waals surface area contributed by atoms with Crippen molar-refractivity contribution < 1.29 is 37.4 Å². The van der Waals surface area contributed by atoms with Crippen molar-refractivity contribution in [3.63, 3.8) is 0 Å². The molecule has 44 heavy (non-hydrogen) atoms. The van der Waals surface area contributed by atoms with E-state index in [1.54, 1.807) is 39.8 Å². The average molecular weight is 620 g/mol. The van der Waals surface area contributed by atoms with Crippen molar-refractivity contribution in [3.05, 3.63) is 71.3 Å². The van der Waals surface area contributed by atoms with Gasteiger partial charge in [0.05, 0.1) is 37.9 Å². The van der Waals surface area contributed by atoms with Crippen molar-refractivity contribution in [1.29, 1.82) is 0 Å². The van der Waals surface area contributed by atoms with Crippen LogP contribution in [0.5, 0.6) is 0 Å². The van der Waals surface area contributed by atoms with E-state index in [2.05, 4.69) is 17.6 Å². The number of benzene rings is 2.